The van der Waals surface area contributed by atoms with Crippen molar-refractivity contribution >= 4 is 5.97 Å². The van der Waals surface area contributed by atoms with Crippen molar-refractivity contribution in [3.05, 3.63) is 23.4 Å². The minimum atomic E-state index is -0.924. The number of carboxylic acids is 1. The number of ether oxygens (including phenoxy) is 1. The molecule has 2 rings (SSSR count). The van der Waals surface area contributed by atoms with E-state index in [1.165, 1.54) is 12.8 Å². The molecule has 0 aliphatic heterocycles. The molecule has 0 atom stereocenters. The Balaban J connectivity index is 2.11. The van der Waals surface area contributed by atoms with Crippen LogP contribution in [0.15, 0.2) is 12.1 Å². The molecule has 1 aliphatic carbocycles. The van der Waals surface area contributed by atoms with Crippen LogP contribution in [0.1, 0.15) is 62.0 Å². The SMILES string of the molecule is CCCc1cc(C(=O)O)cc(OC2CCC(C)CC2)n1. The summed E-state index contributed by atoms with van der Waals surface area (Å²) < 4.78 is 5.91. The summed E-state index contributed by atoms with van der Waals surface area (Å²) in [5, 5.41) is 9.16. The third kappa shape index (κ3) is 3.95. The third-order valence-electron chi connectivity index (χ3n) is 3.86. The number of aromatic carboxylic acids is 1. The highest BCUT2D eigenvalue weighted by molar-refractivity contribution is 5.88. The minimum absolute atomic E-state index is 0.178. The highest BCUT2D eigenvalue weighted by Crippen LogP contribution is 2.27. The molecule has 0 unspecified atom stereocenters. The molecular weight excluding hydrogens is 254 g/mol. The van der Waals surface area contributed by atoms with Gasteiger partial charge in [0.25, 0.3) is 0 Å². The second-order valence-electron chi connectivity index (χ2n) is 5.74. The topological polar surface area (TPSA) is 59.4 Å². The molecular formula is C16H23NO3. The molecule has 0 saturated heterocycles. The average Bonchev–Trinajstić information content (AvgIpc) is 2.41. The highest BCUT2D eigenvalue weighted by atomic mass is 16.5. The van der Waals surface area contributed by atoms with Crippen molar-refractivity contribution in [1.82, 2.24) is 4.98 Å². The quantitative estimate of drug-likeness (QED) is 0.891. The van der Waals surface area contributed by atoms with Crippen LogP contribution in [0, 0.1) is 5.92 Å². The summed E-state index contributed by atoms with van der Waals surface area (Å²) >= 11 is 0. The van der Waals surface area contributed by atoms with Crippen LogP contribution in [0.25, 0.3) is 0 Å². The Hall–Kier alpha value is -1.58. The van der Waals surface area contributed by atoms with Crippen LogP contribution in [0.4, 0.5) is 0 Å². The number of carbonyl (C=O) groups is 1. The Labute approximate surface area is 120 Å². The van der Waals surface area contributed by atoms with Crippen LogP contribution in [0.3, 0.4) is 0 Å². The lowest BCUT2D eigenvalue weighted by atomic mass is 9.89. The van der Waals surface area contributed by atoms with Crippen LogP contribution in [0.2, 0.25) is 0 Å². The van der Waals surface area contributed by atoms with Crippen LogP contribution >= 0.6 is 0 Å². The second-order valence-corrected chi connectivity index (χ2v) is 5.74. The van der Waals surface area contributed by atoms with Gasteiger partial charge in [-0.05, 0) is 44.1 Å². The first kappa shape index (κ1) is 14.8. The van der Waals surface area contributed by atoms with Gasteiger partial charge in [0.15, 0.2) is 0 Å². The Morgan fingerprint density at radius 2 is 2.05 bits per heavy atom. The van der Waals surface area contributed by atoms with E-state index in [0.717, 1.165) is 37.3 Å². The van der Waals surface area contributed by atoms with E-state index < -0.39 is 5.97 Å². The molecule has 0 amide bonds. The van der Waals surface area contributed by atoms with Gasteiger partial charge in [-0.3, -0.25) is 0 Å². The molecule has 1 aromatic rings. The number of carboxylic acid groups (broad SMARTS) is 1. The van der Waals surface area contributed by atoms with Crippen molar-refractivity contribution in [3.63, 3.8) is 0 Å². The van der Waals surface area contributed by atoms with E-state index in [2.05, 4.69) is 18.8 Å². The Morgan fingerprint density at radius 3 is 2.65 bits per heavy atom. The van der Waals surface area contributed by atoms with Gasteiger partial charge in [-0.1, -0.05) is 20.3 Å². The van der Waals surface area contributed by atoms with Gasteiger partial charge in [0, 0.05) is 11.8 Å². The summed E-state index contributed by atoms with van der Waals surface area (Å²) in [6.07, 6.45) is 6.30. The second kappa shape index (κ2) is 6.73. The molecule has 1 saturated carbocycles. The van der Waals surface area contributed by atoms with Crippen molar-refractivity contribution in [3.8, 4) is 5.88 Å². The Morgan fingerprint density at radius 1 is 1.35 bits per heavy atom. The maximum Gasteiger partial charge on any atom is 0.335 e. The van der Waals surface area contributed by atoms with Gasteiger partial charge in [0.1, 0.15) is 6.10 Å². The van der Waals surface area contributed by atoms with E-state index in [1.807, 2.05) is 0 Å². The normalized spacial score (nSPS) is 22.5. The fourth-order valence-corrected chi connectivity index (χ4v) is 2.65. The number of hydrogen-bond donors (Lipinski definition) is 1. The summed E-state index contributed by atoms with van der Waals surface area (Å²) in [5.74, 6) is 0.309. The maximum absolute atomic E-state index is 11.2. The molecule has 1 N–H and O–H groups in total. The number of pyridine rings is 1. The Bertz CT molecular complexity index is 465. The summed E-state index contributed by atoms with van der Waals surface area (Å²) in [6.45, 7) is 4.32. The predicted octanol–water partition coefficient (Wildman–Crippen LogP) is 3.69. The Kier molecular flexibility index (Phi) is 4.99. The predicted molar refractivity (Wildman–Crippen MR) is 77.2 cm³/mol. The van der Waals surface area contributed by atoms with E-state index in [-0.39, 0.29) is 11.7 Å². The van der Waals surface area contributed by atoms with Gasteiger partial charge in [0.05, 0.1) is 5.56 Å². The zero-order valence-electron chi connectivity index (χ0n) is 12.3. The van der Waals surface area contributed by atoms with Crippen LogP contribution in [0.5, 0.6) is 5.88 Å². The molecule has 4 heteroatoms. The van der Waals surface area contributed by atoms with E-state index in [0.29, 0.717) is 5.88 Å². The smallest absolute Gasteiger partial charge is 0.335 e. The molecule has 0 radical (unpaired) electrons. The molecule has 110 valence electrons. The molecule has 0 spiro atoms. The van der Waals surface area contributed by atoms with E-state index >= 15 is 0 Å². The maximum atomic E-state index is 11.2. The number of hydrogen-bond acceptors (Lipinski definition) is 3. The first-order chi connectivity index (χ1) is 9.58. The van der Waals surface area contributed by atoms with Crippen molar-refractivity contribution < 1.29 is 14.6 Å². The van der Waals surface area contributed by atoms with Gasteiger partial charge in [-0.25, -0.2) is 9.78 Å². The minimum Gasteiger partial charge on any atom is -0.478 e. The monoisotopic (exact) mass is 277 g/mol. The van der Waals surface area contributed by atoms with Gasteiger partial charge >= 0.3 is 5.97 Å². The summed E-state index contributed by atoms with van der Waals surface area (Å²) in [4.78, 5) is 15.6. The van der Waals surface area contributed by atoms with Crippen molar-refractivity contribution in [2.75, 3.05) is 0 Å². The number of aryl methyl sites for hydroxylation is 1. The lowest BCUT2D eigenvalue weighted by Crippen LogP contribution is -2.23. The van der Waals surface area contributed by atoms with Gasteiger partial charge in [0.2, 0.25) is 5.88 Å². The number of rotatable bonds is 5. The standard InChI is InChI=1S/C16H23NO3/c1-3-4-13-9-12(16(18)19)10-15(17-13)20-14-7-5-11(2)6-8-14/h9-11,14H,3-8H2,1-2H3,(H,18,19). The lowest BCUT2D eigenvalue weighted by molar-refractivity contribution is 0.0694. The van der Waals surface area contributed by atoms with Crippen LogP contribution in [-0.2, 0) is 6.42 Å². The number of aromatic nitrogens is 1. The largest absolute Gasteiger partial charge is 0.478 e. The zero-order chi connectivity index (χ0) is 14.5. The fourth-order valence-electron chi connectivity index (χ4n) is 2.65. The fraction of sp³-hybridized carbons (Fsp3) is 0.625. The van der Waals surface area contributed by atoms with E-state index in [9.17, 15) is 4.79 Å². The number of nitrogens with zero attached hydrogens (tertiary/aromatic N) is 1. The molecule has 1 aromatic heterocycles. The summed E-state index contributed by atoms with van der Waals surface area (Å²) in [5.41, 5.74) is 1.06. The first-order valence-corrected chi connectivity index (χ1v) is 7.49. The highest BCUT2D eigenvalue weighted by Gasteiger charge is 2.20. The summed E-state index contributed by atoms with van der Waals surface area (Å²) in [6, 6.07) is 3.18. The van der Waals surface area contributed by atoms with Crippen molar-refractivity contribution in [1.29, 1.82) is 0 Å². The molecule has 0 bridgehead atoms. The third-order valence-corrected chi connectivity index (χ3v) is 3.86. The summed E-state index contributed by atoms with van der Waals surface area (Å²) in [7, 11) is 0. The van der Waals surface area contributed by atoms with Crippen molar-refractivity contribution in [2.24, 2.45) is 5.92 Å². The first-order valence-electron chi connectivity index (χ1n) is 7.49. The average molecular weight is 277 g/mol. The van der Waals surface area contributed by atoms with Crippen LogP contribution < -0.4 is 4.74 Å². The molecule has 4 nitrogen and oxygen atoms in total. The molecule has 20 heavy (non-hydrogen) atoms. The molecule has 1 aliphatic rings. The zero-order valence-corrected chi connectivity index (χ0v) is 12.3. The molecule has 1 fully saturated rings. The van der Waals surface area contributed by atoms with Crippen molar-refractivity contribution in [2.45, 2.75) is 58.5 Å². The van der Waals surface area contributed by atoms with E-state index in [4.69, 9.17) is 9.84 Å². The van der Waals surface area contributed by atoms with Gasteiger partial charge in [-0.2, -0.15) is 0 Å². The van der Waals surface area contributed by atoms with E-state index in [1.54, 1.807) is 12.1 Å². The molecule has 1 heterocycles. The molecule has 0 aromatic carbocycles. The van der Waals surface area contributed by atoms with Crippen LogP contribution in [-0.4, -0.2) is 22.2 Å². The van der Waals surface area contributed by atoms with Gasteiger partial charge < -0.3 is 9.84 Å². The lowest BCUT2D eigenvalue weighted by Gasteiger charge is -2.26. The van der Waals surface area contributed by atoms with Gasteiger partial charge in [-0.15, -0.1) is 0 Å².